The smallest absolute Gasteiger partial charge is 0.164 e. The van der Waals surface area contributed by atoms with Crippen LogP contribution in [0.5, 0.6) is 0 Å². The SMILES string of the molecule is c1ccc(-c2nc(-c3ccccc3)nc(-c3ccc(-c4cccc5c4cc4oc6cccc7c8ccccc8c5c4c67)c4ccccc34)n2)cc1. The van der Waals surface area contributed by atoms with E-state index in [1.807, 2.05) is 60.7 Å². The number of furan rings is 1. The van der Waals surface area contributed by atoms with Crippen LogP contribution in [0.15, 0.2) is 168 Å². The van der Waals surface area contributed by atoms with E-state index in [2.05, 4.69) is 103 Å². The maximum atomic E-state index is 6.62. The van der Waals surface area contributed by atoms with Crippen molar-refractivity contribution in [1.29, 1.82) is 0 Å². The molecule has 0 radical (unpaired) electrons. The van der Waals surface area contributed by atoms with Gasteiger partial charge in [-0.15, -0.1) is 0 Å². The summed E-state index contributed by atoms with van der Waals surface area (Å²) in [5.74, 6) is 1.94. The molecule has 0 fully saturated rings. The van der Waals surface area contributed by atoms with Gasteiger partial charge in [-0.1, -0.05) is 146 Å². The fraction of sp³-hybridized carbons (Fsp3) is 0. The highest BCUT2D eigenvalue weighted by Crippen LogP contribution is 2.47. The van der Waals surface area contributed by atoms with Gasteiger partial charge in [-0.05, 0) is 67.0 Å². The minimum atomic E-state index is 0.643. The van der Waals surface area contributed by atoms with Crippen molar-refractivity contribution < 1.29 is 4.42 Å². The van der Waals surface area contributed by atoms with E-state index < -0.39 is 0 Å². The van der Waals surface area contributed by atoms with Crippen LogP contribution in [0.4, 0.5) is 0 Å². The Balaban J connectivity index is 1.18. The lowest BCUT2D eigenvalue weighted by atomic mass is 9.87. The minimum absolute atomic E-state index is 0.643. The number of benzene rings is 9. The molecule has 4 nitrogen and oxygen atoms in total. The van der Waals surface area contributed by atoms with Gasteiger partial charge in [-0.25, -0.2) is 15.0 Å². The van der Waals surface area contributed by atoms with E-state index in [-0.39, 0.29) is 0 Å². The summed E-state index contributed by atoms with van der Waals surface area (Å²) in [4.78, 5) is 15.1. The Kier molecular flexibility index (Phi) is 5.92. The molecule has 4 heteroatoms. The van der Waals surface area contributed by atoms with Crippen molar-refractivity contribution in [2.75, 3.05) is 0 Å². The monoisotopic (exact) mass is 649 g/mol. The van der Waals surface area contributed by atoms with E-state index in [1.54, 1.807) is 0 Å². The molecule has 2 heterocycles. The molecule has 0 N–H and O–H groups in total. The Labute approximate surface area is 292 Å². The van der Waals surface area contributed by atoms with Crippen LogP contribution in [0.2, 0.25) is 0 Å². The number of hydrogen-bond donors (Lipinski definition) is 0. The quantitative estimate of drug-likeness (QED) is 0.178. The van der Waals surface area contributed by atoms with Crippen LogP contribution in [-0.2, 0) is 0 Å². The highest BCUT2D eigenvalue weighted by molar-refractivity contribution is 6.38. The predicted octanol–water partition coefficient (Wildman–Crippen LogP) is 12.5. The summed E-state index contributed by atoms with van der Waals surface area (Å²) in [5, 5.41) is 11.9. The minimum Gasteiger partial charge on any atom is -0.456 e. The number of hydrogen-bond acceptors (Lipinski definition) is 4. The van der Waals surface area contributed by atoms with Crippen LogP contribution in [-0.4, -0.2) is 15.0 Å². The lowest BCUT2D eigenvalue weighted by Gasteiger charge is -2.16. The molecule has 0 aliphatic rings. The van der Waals surface area contributed by atoms with E-state index >= 15 is 0 Å². The molecular formula is C47H27N3O. The Morgan fingerprint density at radius 2 is 0.784 bits per heavy atom. The largest absolute Gasteiger partial charge is 0.456 e. The van der Waals surface area contributed by atoms with Crippen LogP contribution in [0.25, 0.3) is 110 Å². The first kappa shape index (κ1) is 28.0. The van der Waals surface area contributed by atoms with Crippen molar-refractivity contribution in [1.82, 2.24) is 15.0 Å². The van der Waals surface area contributed by atoms with Gasteiger partial charge < -0.3 is 4.42 Å². The van der Waals surface area contributed by atoms with Crippen molar-refractivity contribution in [2.24, 2.45) is 0 Å². The van der Waals surface area contributed by atoms with Gasteiger partial charge in [0.05, 0.1) is 0 Å². The Morgan fingerprint density at radius 3 is 1.49 bits per heavy atom. The Hall–Kier alpha value is -6.91. The van der Waals surface area contributed by atoms with Crippen molar-refractivity contribution in [3.8, 4) is 45.3 Å². The average Bonchev–Trinajstić information content (AvgIpc) is 3.58. The lowest BCUT2D eigenvalue weighted by Crippen LogP contribution is -2.00. The summed E-state index contributed by atoms with van der Waals surface area (Å²) in [7, 11) is 0. The molecule has 0 saturated carbocycles. The van der Waals surface area contributed by atoms with E-state index in [9.17, 15) is 0 Å². The van der Waals surface area contributed by atoms with Gasteiger partial charge in [0.25, 0.3) is 0 Å². The second kappa shape index (κ2) is 10.8. The van der Waals surface area contributed by atoms with Gasteiger partial charge in [0.2, 0.25) is 0 Å². The predicted molar refractivity (Wildman–Crippen MR) is 210 cm³/mol. The first-order valence-corrected chi connectivity index (χ1v) is 17.2. The van der Waals surface area contributed by atoms with E-state index in [0.29, 0.717) is 17.5 Å². The van der Waals surface area contributed by atoms with Gasteiger partial charge in [-0.3, -0.25) is 0 Å². The fourth-order valence-electron chi connectivity index (χ4n) is 8.05. The summed E-state index contributed by atoms with van der Waals surface area (Å²) in [6, 6.07) is 57.3. The van der Waals surface area contributed by atoms with E-state index in [4.69, 9.17) is 19.4 Å². The molecule has 0 unspecified atom stereocenters. The molecule has 0 atom stereocenters. The molecule has 11 rings (SSSR count). The van der Waals surface area contributed by atoms with Crippen molar-refractivity contribution in [3.63, 3.8) is 0 Å². The molecular weight excluding hydrogens is 623 g/mol. The van der Waals surface area contributed by atoms with Crippen LogP contribution >= 0.6 is 0 Å². The molecule has 9 aromatic carbocycles. The zero-order valence-corrected chi connectivity index (χ0v) is 27.3. The second-order valence-electron chi connectivity index (χ2n) is 13.1. The fourth-order valence-corrected chi connectivity index (χ4v) is 8.05. The Morgan fingerprint density at radius 1 is 0.294 bits per heavy atom. The number of fused-ring (bicyclic) bond motifs is 6. The van der Waals surface area contributed by atoms with Crippen molar-refractivity contribution in [3.05, 3.63) is 164 Å². The first-order valence-electron chi connectivity index (χ1n) is 17.2. The van der Waals surface area contributed by atoms with Gasteiger partial charge in [0, 0.05) is 32.8 Å². The molecule has 0 bridgehead atoms. The standard InChI is InChI=1S/C47H27N3O/c1-3-13-28(14-4-1)45-48-46(29-15-5-2-6-16-29)50-47(49-45)38-26-25-34(30-17-7-8-18-31(30)38)32-21-11-22-37-39(32)27-41-44-42(37)35-20-10-9-19-33(35)36-23-12-24-40(51-41)43(36)44/h1-27H. The van der Waals surface area contributed by atoms with Crippen LogP contribution in [0, 0.1) is 0 Å². The highest BCUT2D eigenvalue weighted by Gasteiger charge is 2.22. The van der Waals surface area contributed by atoms with Gasteiger partial charge in [0.1, 0.15) is 11.2 Å². The molecule has 11 aromatic rings. The van der Waals surface area contributed by atoms with E-state index in [0.717, 1.165) is 55.1 Å². The topological polar surface area (TPSA) is 51.8 Å². The summed E-state index contributed by atoms with van der Waals surface area (Å²) >= 11 is 0. The molecule has 0 saturated heterocycles. The average molecular weight is 650 g/mol. The summed E-state index contributed by atoms with van der Waals surface area (Å²) in [6.07, 6.45) is 0. The third-order valence-electron chi connectivity index (χ3n) is 10.3. The zero-order valence-electron chi connectivity index (χ0n) is 27.3. The molecule has 0 aliphatic carbocycles. The molecule has 2 aromatic heterocycles. The van der Waals surface area contributed by atoms with E-state index in [1.165, 1.54) is 37.7 Å². The lowest BCUT2D eigenvalue weighted by molar-refractivity contribution is 0.670. The first-order chi connectivity index (χ1) is 25.3. The van der Waals surface area contributed by atoms with Gasteiger partial charge in [0.15, 0.2) is 17.5 Å². The summed E-state index contributed by atoms with van der Waals surface area (Å²) < 4.78 is 6.62. The normalized spacial score (nSPS) is 11.9. The third kappa shape index (κ3) is 4.17. The molecule has 0 amide bonds. The highest BCUT2D eigenvalue weighted by atomic mass is 16.3. The van der Waals surface area contributed by atoms with Gasteiger partial charge >= 0.3 is 0 Å². The zero-order chi connectivity index (χ0) is 33.5. The van der Waals surface area contributed by atoms with Crippen molar-refractivity contribution >= 4 is 65.0 Å². The maximum absolute atomic E-state index is 6.62. The summed E-state index contributed by atoms with van der Waals surface area (Å²) in [5.41, 5.74) is 6.99. The number of aromatic nitrogens is 3. The van der Waals surface area contributed by atoms with Crippen LogP contribution < -0.4 is 0 Å². The molecule has 0 aliphatic heterocycles. The number of nitrogens with zero attached hydrogens (tertiary/aromatic N) is 3. The molecule has 51 heavy (non-hydrogen) atoms. The molecule has 0 spiro atoms. The summed E-state index contributed by atoms with van der Waals surface area (Å²) in [6.45, 7) is 0. The van der Waals surface area contributed by atoms with Crippen LogP contribution in [0.3, 0.4) is 0 Å². The maximum Gasteiger partial charge on any atom is 0.164 e. The van der Waals surface area contributed by atoms with Gasteiger partial charge in [-0.2, -0.15) is 0 Å². The molecule has 236 valence electrons. The van der Waals surface area contributed by atoms with Crippen LogP contribution in [0.1, 0.15) is 0 Å². The number of rotatable bonds is 4. The third-order valence-corrected chi connectivity index (χ3v) is 10.3. The van der Waals surface area contributed by atoms with Crippen molar-refractivity contribution in [2.45, 2.75) is 0 Å². The Bertz CT molecular complexity index is 3070. The second-order valence-corrected chi connectivity index (χ2v) is 13.1.